The summed E-state index contributed by atoms with van der Waals surface area (Å²) in [5, 5.41) is 0. The topological polar surface area (TPSA) is 75.9 Å². The van der Waals surface area contributed by atoms with E-state index in [1.165, 1.54) is 0 Å². The first-order chi connectivity index (χ1) is 13.0. The molecule has 0 radical (unpaired) electrons. The number of para-hydroxylation sites is 1. The first kappa shape index (κ1) is 17.6. The molecule has 1 aromatic heterocycles. The average molecular weight is 369 g/mol. The van der Waals surface area contributed by atoms with E-state index in [9.17, 15) is 9.59 Å². The second kappa shape index (κ2) is 6.72. The number of hydrogen-bond donors (Lipinski definition) is 0. The van der Waals surface area contributed by atoms with Crippen LogP contribution in [0.2, 0.25) is 0 Å². The number of carbonyl (C=O) groups excluding carboxylic acids is 2. The van der Waals surface area contributed by atoms with E-state index in [1.54, 1.807) is 23.8 Å². The van der Waals surface area contributed by atoms with Gasteiger partial charge in [0.25, 0.3) is 0 Å². The van der Waals surface area contributed by atoms with Crippen molar-refractivity contribution in [2.24, 2.45) is 0 Å². The Morgan fingerprint density at radius 1 is 1.26 bits per heavy atom. The summed E-state index contributed by atoms with van der Waals surface area (Å²) in [6.07, 6.45) is 1.61. The quantitative estimate of drug-likeness (QED) is 0.827. The zero-order chi connectivity index (χ0) is 19.1. The summed E-state index contributed by atoms with van der Waals surface area (Å²) in [4.78, 5) is 33.5. The van der Waals surface area contributed by atoms with Gasteiger partial charge in [-0.2, -0.15) is 0 Å². The van der Waals surface area contributed by atoms with Crippen molar-refractivity contribution in [1.82, 2.24) is 14.8 Å². The van der Waals surface area contributed by atoms with Crippen LogP contribution in [0.4, 0.5) is 0 Å². The summed E-state index contributed by atoms with van der Waals surface area (Å²) < 4.78 is 11.2. The lowest BCUT2D eigenvalue weighted by Crippen LogP contribution is -2.61. The van der Waals surface area contributed by atoms with E-state index < -0.39 is 6.04 Å². The number of nitrogens with zero attached hydrogens (tertiary/aromatic N) is 3. The van der Waals surface area contributed by atoms with Crippen LogP contribution in [0, 0.1) is 6.92 Å². The smallest absolute Gasteiger partial charge is 0.246 e. The number of methoxy groups -OCH3 is 1. The van der Waals surface area contributed by atoms with E-state index in [1.807, 2.05) is 31.2 Å². The van der Waals surface area contributed by atoms with Crippen molar-refractivity contribution < 1.29 is 18.7 Å². The van der Waals surface area contributed by atoms with Crippen LogP contribution in [0.5, 0.6) is 5.75 Å². The minimum absolute atomic E-state index is 0.000779. The molecule has 0 saturated carbocycles. The molecule has 2 aliphatic rings. The van der Waals surface area contributed by atoms with E-state index >= 15 is 0 Å². The molecule has 1 aromatic carbocycles. The zero-order valence-electron chi connectivity index (χ0n) is 15.8. The number of aromatic nitrogens is 1. The molecule has 7 heteroatoms. The summed E-state index contributed by atoms with van der Waals surface area (Å²) in [7, 11) is 1.60. The maximum absolute atomic E-state index is 12.9. The Kier molecular flexibility index (Phi) is 4.37. The monoisotopic (exact) mass is 369 g/mol. The Morgan fingerprint density at radius 3 is 2.81 bits per heavy atom. The molecule has 27 heavy (non-hydrogen) atoms. The van der Waals surface area contributed by atoms with Crippen LogP contribution in [0.15, 0.2) is 28.7 Å². The van der Waals surface area contributed by atoms with Crippen LogP contribution in [-0.2, 0) is 16.1 Å². The van der Waals surface area contributed by atoms with Crippen molar-refractivity contribution in [3.05, 3.63) is 35.7 Å². The molecule has 2 atom stereocenters. The molecule has 142 valence electrons. The second-order valence-corrected chi connectivity index (χ2v) is 7.05. The van der Waals surface area contributed by atoms with Crippen LogP contribution in [0.3, 0.4) is 0 Å². The van der Waals surface area contributed by atoms with E-state index in [0.717, 1.165) is 18.4 Å². The van der Waals surface area contributed by atoms with Crippen LogP contribution in [0.1, 0.15) is 31.2 Å². The first-order valence-corrected chi connectivity index (χ1v) is 9.22. The van der Waals surface area contributed by atoms with Crippen LogP contribution in [-0.4, -0.2) is 52.3 Å². The summed E-state index contributed by atoms with van der Waals surface area (Å²) in [5.41, 5.74) is 1.42. The largest absolute Gasteiger partial charge is 0.496 e. The van der Waals surface area contributed by atoms with E-state index in [2.05, 4.69) is 4.98 Å². The van der Waals surface area contributed by atoms with Crippen molar-refractivity contribution in [2.75, 3.05) is 13.7 Å². The highest BCUT2D eigenvalue weighted by Crippen LogP contribution is 2.32. The van der Waals surface area contributed by atoms with Crippen LogP contribution in [0.25, 0.3) is 11.5 Å². The lowest BCUT2D eigenvalue weighted by molar-refractivity contribution is -0.159. The summed E-state index contributed by atoms with van der Waals surface area (Å²) in [5.74, 6) is 1.77. The lowest BCUT2D eigenvalue weighted by atomic mass is 10.1. The molecular formula is C20H23N3O4. The Balaban J connectivity index is 1.62. The third kappa shape index (κ3) is 2.87. The molecule has 0 spiro atoms. The van der Waals surface area contributed by atoms with Gasteiger partial charge in [-0.3, -0.25) is 9.59 Å². The molecule has 0 aliphatic carbocycles. The van der Waals surface area contributed by atoms with Gasteiger partial charge in [0.05, 0.1) is 19.2 Å². The number of fused-ring (bicyclic) bond motifs is 1. The molecule has 0 bridgehead atoms. The molecular weight excluding hydrogens is 346 g/mol. The number of piperazine rings is 1. The Hall–Kier alpha value is -2.83. The second-order valence-electron chi connectivity index (χ2n) is 7.05. The predicted octanol–water partition coefficient (Wildman–Crippen LogP) is 2.38. The van der Waals surface area contributed by atoms with Gasteiger partial charge < -0.3 is 19.0 Å². The van der Waals surface area contributed by atoms with Gasteiger partial charge in [-0.05, 0) is 38.8 Å². The van der Waals surface area contributed by atoms with Crippen LogP contribution >= 0.6 is 0 Å². The summed E-state index contributed by atoms with van der Waals surface area (Å²) in [6.45, 7) is 4.55. The number of hydrogen-bond acceptors (Lipinski definition) is 5. The standard InChI is InChI=1S/C20H23N3O4/c1-12-19(24)22-10-6-8-16(22)20(25)23(12)11-15-13(2)27-18(21-15)14-7-4-5-9-17(14)26-3/h4-5,7,9,12,16H,6,8,10-11H2,1-3H3/t12-,16+/m0/s1. The highest BCUT2D eigenvalue weighted by atomic mass is 16.5. The van der Waals surface area contributed by atoms with Gasteiger partial charge in [0.1, 0.15) is 29.3 Å². The number of carbonyl (C=O) groups is 2. The van der Waals surface area contributed by atoms with Crippen molar-refractivity contribution in [2.45, 2.75) is 45.3 Å². The number of ether oxygens (including phenoxy) is 1. The molecule has 4 rings (SSSR count). The van der Waals surface area contributed by atoms with Gasteiger partial charge >= 0.3 is 0 Å². The number of rotatable bonds is 4. The lowest BCUT2D eigenvalue weighted by Gasteiger charge is -2.40. The zero-order valence-corrected chi connectivity index (χ0v) is 15.8. The normalized spacial score (nSPS) is 22.3. The SMILES string of the molecule is COc1ccccc1-c1nc(CN2C(=O)[C@H]3CCCN3C(=O)[C@@H]2C)c(C)o1. The average Bonchev–Trinajstić information content (AvgIpc) is 3.30. The highest BCUT2D eigenvalue weighted by Gasteiger charge is 2.46. The molecule has 2 saturated heterocycles. The molecule has 2 amide bonds. The third-order valence-electron chi connectivity index (χ3n) is 5.48. The van der Waals surface area contributed by atoms with Crippen molar-refractivity contribution in [3.63, 3.8) is 0 Å². The van der Waals surface area contributed by atoms with E-state index in [4.69, 9.17) is 9.15 Å². The van der Waals surface area contributed by atoms with Gasteiger partial charge in [-0.1, -0.05) is 12.1 Å². The van der Waals surface area contributed by atoms with E-state index in [0.29, 0.717) is 29.6 Å². The maximum Gasteiger partial charge on any atom is 0.246 e. The number of amides is 2. The highest BCUT2D eigenvalue weighted by molar-refractivity contribution is 5.97. The minimum atomic E-state index is -0.488. The van der Waals surface area contributed by atoms with Gasteiger partial charge in [0.2, 0.25) is 17.7 Å². The fourth-order valence-electron chi connectivity index (χ4n) is 3.93. The Bertz CT molecular complexity index is 891. The van der Waals surface area contributed by atoms with Gasteiger partial charge in [0, 0.05) is 6.54 Å². The number of aryl methyl sites for hydroxylation is 1. The summed E-state index contributed by atoms with van der Waals surface area (Å²) >= 11 is 0. The van der Waals surface area contributed by atoms with Crippen LogP contribution < -0.4 is 4.74 Å². The maximum atomic E-state index is 12.9. The molecule has 2 aliphatic heterocycles. The number of oxazole rings is 1. The fraction of sp³-hybridized carbons (Fsp3) is 0.450. The molecule has 2 aromatic rings. The van der Waals surface area contributed by atoms with Gasteiger partial charge in [-0.25, -0.2) is 4.98 Å². The summed E-state index contributed by atoms with van der Waals surface area (Å²) in [6, 6.07) is 6.68. The van der Waals surface area contributed by atoms with E-state index in [-0.39, 0.29) is 24.4 Å². The first-order valence-electron chi connectivity index (χ1n) is 9.22. The van der Waals surface area contributed by atoms with Gasteiger partial charge in [0.15, 0.2) is 0 Å². The molecule has 0 N–H and O–H groups in total. The molecule has 0 unspecified atom stereocenters. The fourth-order valence-corrected chi connectivity index (χ4v) is 3.93. The molecule has 2 fully saturated rings. The van der Waals surface area contributed by atoms with Crippen molar-refractivity contribution >= 4 is 11.8 Å². The predicted molar refractivity (Wildman–Crippen MR) is 98.0 cm³/mol. The number of benzene rings is 1. The third-order valence-corrected chi connectivity index (χ3v) is 5.48. The minimum Gasteiger partial charge on any atom is -0.496 e. The van der Waals surface area contributed by atoms with Gasteiger partial charge in [-0.15, -0.1) is 0 Å². The van der Waals surface area contributed by atoms with Crippen molar-refractivity contribution in [3.8, 4) is 17.2 Å². The Morgan fingerprint density at radius 2 is 2.04 bits per heavy atom. The van der Waals surface area contributed by atoms with Crippen molar-refractivity contribution in [1.29, 1.82) is 0 Å². The molecule has 7 nitrogen and oxygen atoms in total. The Labute approximate surface area is 157 Å². The molecule has 3 heterocycles.